The molecule has 0 fully saturated rings. The maximum atomic E-state index is 11.0. The minimum atomic E-state index is -0.550. The van der Waals surface area contributed by atoms with E-state index in [0.717, 1.165) is 11.3 Å². The molecule has 0 heterocycles. The maximum Gasteiger partial charge on any atom is 0.303 e. The zero-order chi connectivity index (χ0) is 17.5. The summed E-state index contributed by atoms with van der Waals surface area (Å²) in [7, 11) is 0. The Hall–Kier alpha value is -2.44. The zero-order valence-corrected chi connectivity index (χ0v) is 14.5. The van der Waals surface area contributed by atoms with Gasteiger partial charge in [-0.15, -0.1) is 0 Å². The van der Waals surface area contributed by atoms with Crippen LogP contribution in [0, 0.1) is 0 Å². The van der Waals surface area contributed by atoms with Crippen molar-refractivity contribution >= 4 is 23.2 Å². The largest absolute Gasteiger partial charge is 0.457 e. The molecule has 2 aromatic rings. The van der Waals surface area contributed by atoms with Gasteiger partial charge in [-0.3, -0.25) is 9.80 Å². The van der Waals surface area contributed by atoms with Gasteiger partial charge < -0.3 is 9.47 Å². The Bertz CT molecular complexity index is 706. The molecule has 0 amide bonds. The zero-order valence-electron chi connectivity index (χ0n) is 13.6. The summed E-state index contributed by atoms with van der Waals surface area (Å²) in [5, 5.41) is 1.39. The number of hydrazine groups is 1. The number of hydrogen-bond donors (Lipinski definition) is 1. The van der Waals surface area contributed by atoms with Crippen molar-refractivity contribution in [2.45, 2.75) is 26.5 Å². The number of para-hydroxylation sites is 1. The van der Waals surface area contributed by atoms with Crippen molar-refractivity contribution < 1.29 is 14.3 Å². The molecule has 1 atom stereocenters. The molecule has 0 spiro atoms. The van der Waals surface area contributed by atoms with Crippen LogP contribution in [0.1, 0.15) is 19.4 Å². The summed E-state index contributed by atoms with van der Waals surface area (Å²) in [5.74, 6) is 7.07. The van der Waals surface area contributed by atoms with E-state index in [1.165, 1.54) is 11.9 Å². The highest BCUT2D eigenvalue weighted by Crippen LogP contribution is 2.22. The summed E-state index contributed by atoms with van der Waals surface area (Å²) in [6.45, 7) is 3.42. The van der Waals surface area contributed by atoms with Crippen LogP contribution in [0.25, 0.3) is 0 Å². The molecule has 2 N–H and O–H groups in total. The molecule has 2 aromatic carbocycles. The van der Waals surface area contributed by atoms with Gasteiger partial charge in [-0.2, -0.15) is 0 Å². The molecular formula is C18H20N2O3S. The van der Waals surface area contributed by atoms with E-state index < -0.39 is 12.1 Å². The normalized spacial score (nSPS) is 11.5. The van der Waals surface area contributed by atoms with Crippen LogP contribution in [-0.2, 0) is 16.1 Å². The first-order valence-electron chi connectivity index (χ1n) is 7.51. The molecule has 0 aliphatic rings. The van der Waals surface area contributed by atoms with Crippen molar-refractivity contribution in [1.29, 1.82) is 0 Å². The smallest absolute Gasteiger partial charge is 0.303 e. The predicted octanol–water partition coefficient (Wildman–Crippen LogP) is 3.43. The number of carbonyl (C=O) groups is 1. The maximum absolute atomic E-state index is 11.0. The number of carbonyl (C=O) groups excluding carboxylic acids is 1. The molecule has 0 aliphatic carbocycles. The van der Waals surface area contributed by atoms with Crippen molar-refractivity contribution in [2.75, 3.05) is 0 Å². The molecule has 0 radical (unpaired) electrons. The third-order valence-corrected chi connectivity index (χ3v) is 3.77. The summed E-state index contributed by atoms with van der Waals surface area (Å²) < 4.78 is 10.8. The average molecular weight is 344 g/mol. The van der Waals surface area contributed by atoms with Gasteiger partial charge >= 0.3 is 5.97 Å². The van der Waals surface area contributed by atoms with Gasteiger partial charge in [-0.25, -0.2) is 5.84 Å². The molecule has 5 nitrogen and oxygen atoms in total. The number of esters is 1. The molecular weight excluding hydrogens is 324 g/mol. The Morgan fingerprint density at radius 3 is 2.50 bits per heavy atom. The Labute approximate surface area is 146 Å². The first kappa shape index (κ1) is 17.9. The average Bonchev–Trinajstić information content (AvgIpc) is 2.54. The van der Waals surface area contributed by atoms with Crippen LogP contribution in [0.3, 0.4) is 0 Å². The molecule has 126 valence electrons. The van der Waals surface area contributed by atoms with Crippen LogP contribution in [-0.4, -0.2) is 22.1 Å². The monoisotopic (exact) mass is 344 g/mol. The molecule has 0 aliphatic heterocycles. The number of hydrogen-bond acceptors (Lipinski definition) is 5. The van der Waals surface area contributed by atoms with E-state index in [1.54, 1.807) is 6.92 Å². The van der Waals surface area contributed by atoms with Gasteiger partial charge in [0.2, 0.25) is 0 Å². The molecule has 6 heteroatoms. The number of nitrogens with two attached hydrogens (primary N) is 1. The Morgan fingerprint density at radius 1 is 1.17 bits per heavy atom. The summed E-state index contributed by atoms with van der Waals surface area (Å²) >= 11 is 5.25. The van der Waals surface area contributed by atoms with Crippen LogP contribution in [0.2, 0.25) is 0 Å². The van der Waals surface area contributed by atoms with E-state index in [9.17, 15) is 4.79 Å². The highest BCUT2D eigenvalue weighted by Gasteiger charge is 2.16. The first-order valence-corrected chi connectivity index (χ1v) is 7.91. The van der Waals surface area contributed by atoms with Crippen LogP contribution in [0.15, 0.2) is 54.6 Å². The fourth-order valence-electron chi connectivity index (χ4n) is 2.14. The molecule has 0 saturated carbocycles. The van der Waals surface area contributed by atoms with E-state index >= 15 is 0 Å². The van der Waals surface area contributed by atoms with E-state index in [-0.39, 0.29) is 0 Å². The van der Waals surface area contributed by atoms with E-state index in [2.05, 4.69) is 0 Å². The lowest BCUT2D eigenvalue weighted by Gasteiger charge is -2.23. The highest BCUT2D eigenvalue weighted by atomic mass is 32.1. The van der Waals surface area contributed by atoms with Gasteiger partial charge in [-0.05, 0) is 36.8 Å². The van der Waals surface area contributed by atoms with Crippen molar-refractivity contribution in [3.63, 3.8) is 0 Å². The quantitative estimate of drug-likeness (QED) is 0.375. The van der Waals surface area contributed by atoms with Crippen LogP contribution >= 0.6 is 12.2 Å². The second-order valence-electron chi connectivity index (χ2n) is 5.28. The van der Waals surface area contributed by atoms with E-state index in [4.69, 9.17) is 27.5 Å². The lowest BCUT2D eigenvalue weighted by atomic mass is 10.2. The topological polar surface area (TPSA) is 64.8 Å². The summed E-state index contributed by atoms with van der Waals surface area (Å²) in [4.78, 5) is 11.4. The van der Waals surface area contributed by atoms with Gasteiger partial charge in [0.1, 0.15) is 16.5 Å². The van der Waals surface area contributed by atoms with Gasteiger partial charge in [0.05, 0.1) is 6.54 Å². The van der Waals surface area contributed by atoms with E-state index in [0.29, 0.717) is 17.3 Å². The SMILES string of the molecule is CC(=O)OC(C)C(=S)N(N)Cc1cccc(Oc2ccccc2)c1. The van der Waals surface area contributed by atoms with Crippen molar-refractivity contribution in [1.82, 2.24) is 5.01 Å². The fraction of sp³-hybridized carbons (Fsp3) is 0.222. The number of benzene rings is 2. The third-order valence-electron chi connectivity index (χ3n) is 3.20. The molecule has 0 saturated heterocycles. The number of rotatable bonds is 6. The summed E-state index contributed by atoms with van der Waals surface area (Å²) in [6.07, 6.45) is -0.550. The standard InChI is InChI=1S/C18H20N2O3S/c1-13(22-14(2)21)18(24)20(19)12-15-7-6-10-17(11-15)23-16-8-4-3-5-9-16/h3-11,13H,12,19H2,1-2H3. The molecule has 1 unspecified atom stereocenters. The Kier molecular flexibility index (Phi) is 6.28. The van der Waals surface area contributed by atoms with Gasteiger partial charge in [0.15, 0.2) is 6.10 Å². The predicted molar refractivity (Wildman–Crippen MR) is 96.5 cm³/mol. The van der Waals surface area contributed by atoms with Crippen molar-refractivity contribution in [3.8, 4) is 11.5 Å². The van der Waals surface area contributed by atoms with Gasteiger partial charge in [0, 0.05) is 6.92 Å². The van der Waals surface area contributed by atoms with Crippen LogP contribution in [0.4, 0.5) is 0 Å². The molecule has 0 bridgehead atoms. The number of thiocarbonyl (C=S) groups is 1. The third kappa shape index (κ3) is 5.33. The highest BCUT2D eigenvalue weighted by molar-refractivity contribution is 7.80. The fourth-order valence-corrected chi connectivity index (χ4v) is 2.25. The minimum absolute atomic E-state index is 0.361. The molecule has 24 heavy (non-hydrogen) atoms. The summed E-state index contributed by atoms with van der Waals surface area (Å²) in [6, 6.07) is 17.1. The minimum Gasteiger partial charge on any atom is -0.457 e. The Morgan fingerprint density at radius 2 is 1.83 bits per heavy atom. The number of nitrogens with zero attached hydrogens (tertiary/aromatic N) is 1. The van der Waals surface area contributed by atoms with E-state index in [1.807, 2.05) is 54.6 Å². The van der Waals surface area contributed by atoms with Crippen molar-refractivity contribution in [3.05, 3.63) is 60.2 Å². The second-order valence-corrected chi connectivity index (χ2v) is 5.70. The lowest BCUT2D eigenvalue weighted by molar-refractivity contribution is -0.142. The summed E-state index contributed by atoms with van der Waals surface area (Å²) in [5.41, 5.74) is 0.934. The lowest BCUT2D eigenvalue weighted by Crippen LogP contribution is -2.42. The Balaban J connectivity index is 2.01. The second kappa shape index (κ2) is 8.42. The molecule has 0 aromatic heterocycles. The molecule has 2 rings (SSSR count). The van der Waals surface area contributed by atoms with Crippen LogP contribution < -0.4 is 10.6 Å². The number of ether oxygens (including phenoxy) is 2. The van der Waals surface area contributed by atoms with Crippen LogP contribution in [0.5, 0.6) is 11.5 Å². The van der Waals surface area contributed by atoms with Gasteiger partial charge in [0.25, 0.3) is 0 Å². The van der Waals surface area contributed by atoms with Gasteiger partial charge in [-0.1, -0.05) is 42.5 Å². The first-order chi connectivity index (χ1) is 11.5. The van der Waals surface area contributed by atoms with Crippen molar-refractivity contribution in [2.24, 2.45) is 5.84 Å².